The predicted octanol–water partition coefficient (Wildman–Crippen LogP) is 3.11. The molecular formula is C30H31ClN6O6. The lowest BCUT2D eigenvalue weighted by atomic mass is 9.94. The van der Waals surface area contributed by atoms with Crippen LogP contribution in [0.5, 0.6) is 11.5 Å². The number of aliphatic hydroxyl groups is 1. The van der Waals surface area contributed by atoms with Crippen molar-refractivity contribution in [2.75, 3.05) is 54.9 Å². The molecule has 4 aromatic rings. The van der Waals surface area contributed by atoms with Gasteiger partial charge in [0, 0.05) is 53.0 Å². The Morgan fingerprint density at radius 2 is 2.07 bits per heavy atom. The summed E-state index contributed by atoms with van der Waals surface area (Å²) in [7, 11) is 1.58. The summed E-state index contributed by atoms with van der Waals surface area (Å²) in [6, 6.07) is 12.0. The molecular weight excluding hydrogens is 576 g/mol. The van der Waals surface area contributed by atoms with Crippen LogP contribution in [0.3, 0.4) is 0 Å². The number of phenolic OH excluding ortho intramolecular Hbond substituents is 1. The van der Waals surface area contributed by atoms with Gasteiger partial charge in [-0.2, -0.15) is 0 Å². The van der Waals surface area contributed by atoms with Crippen LogP contribution in [0.4, 0.5) is 17.1 Å². The number of nitrogens with zero attached hydrogens (tertiary/aromatic N) is 4. The van der Waals surface area contributed by atoms with Gasteiger partial charge in [-0.05, 0) is 35.4 Å². The molecule has 2 atom stereocenters. The molecule has 3 heterocycles. The maximum Gasteiger partial charge on any atom is 0.277 e. The van der Waals surface area contributed by atoms with Crippen LogP contribution in [0.1, 0.15) is 27.5 Å². The number of aromatic nitrogens is 3. The first kappa shape index (κ1) is 28.7. The van der Waals surface area contributed by atoms with E-state index < -0.39 is 11.9 Å². The van der Waals surface area contributed by atoms with Crippen molar-refractivity contribution in [3.05, 3.63) is 65.5 Å². The Hall–Kier alpha value is -4.39. The van der Waals surface area contributed by atoms with Gasteiger partial charge in [0.05, 0.1) is 45.4 Å². The second-order valence-electron chi connectivity index (χ2n) is 10.4. The fourth-order valence-corrected chi connectivity index (χ4v) is 6.05. The molecule has 0 spiro atoms. The van der Waals surface area contributed by atoms with E-state index in [9.17, 15) is 14.7 Å². The van der Waals surface area contributed by atoms with Gasteiger partial charge >= 0.3 is 0 Å². The molecule has 224 valence electrons. The number of anilines is 3. The number of nitrogens with one attached hydrogen (secondary N) is 2. The van der Waals surface area contributed by atoms with Crippen LogP contribution in [0.25, 0.3) is 10.8 Å². The van der Waals surface area contributed by atoms with Crippen LogP contribution >= 0.6 is 11.6 Å². The Bertz CT molecular complexity index is 1690. The number of aromatic hydroxyl groups is 1. The van der Waals surface area contributed by atoms with Gasteiger partial charge in [-0.15, -0.1) is 16.7 Å². The van der Waals surface area contributed by atoms with Crippen LogP contribution < -0.4 is 20.3 Å². The molecule has 2 aliphatic rings. The van der Waals surface area contributed by atoms with Crippen molar-refractivity contribution in [2.45, 2.75) is 24.9 Å². The standard InChI is InChI=1S/C30H31ClN6O6/c1-42-26-4-2-3-20-25(39)13-24-27(28(20)26)18(14-31)15-37(24)30(41)22-12-17-11-19(5-6-21(17)33-22)32-29(40)23-16-36(35-34-23)7-9-43-10-8-38/h2-6,11,13,16,18,22,33,38-39H,7-10,12,14-15H2,1H3,(H,32,40)/t18-,22?/m1/s1. The summed E-state index contributed by atoms with van der Waals surface area (Å²) < 4.78 is 12.3. The number of fused-ring (bicyclic) bond motifs is 4. The zero-order valence-corrected chi connectivity index (χ0v) is 24.2. The third kappa shape index (κ3) is 5.44. The molecule has 0 saturated heterocycles. The first-order chi connectivity index (χ1) is 20.9. The van der Waals surface area contributed by atoms with Gasteiger partial charge < -0.3 is 35.2 Å². The van der Waals surface area contributed by atoms with Gasteiger partial charge in [-0.1, -0.05) is 17.3 Å². The molecule has 2 aliphatic heterocycles. The average molecular weight is 607 g/mol. The lowest BCUT2D eigenvalue weighted by Crippen LogP contribution is -2.41. The average Bonchev–Trinajstić information content (AvgIpc) is 3.75. The van der Waals surface area contributed by atoms with Crippen molar-refractivity contribution in [1.29, 1.82) is 0 Å². The van der Waals surface area contributed by atoms with Crippen LogP contribution in [-0.4, -0.2) is 82.4 Å². The second kappa shape index (κ2) is 12.1. The number of halogens is 1. The monoisotopic (exact) mass is 606 g/mol. The lowest BCUT2D eigenvalue weighted by Gasteiger charge is -2.22. The normalized spacial score (nSPS) is 17.0. The lowest BCUT2D eigenvalue weighted by molar-refractivity contribution is -0.119. The van der Waals surface area contributed by atoms with E-state index >= 15 is 0 Å². The first-order valence-corrected chi connectivity index (χ1v) is 14.4. The van der Waals surface area contributed by atoms with E-state index in [0.717, 1.165) is 22.2 Å². The highest BCUT2D eigenvalue weighted by Gasteiger charge is 2.39. The van der Waals surface area contributed by atoms with Crippen molar-refractivity contribution in [3.63, 3.8) is 0 Å². The molecule has 3 aromatic carbocycles. The molecule has 4 N–H and O–H groups in total. The fourth-order valence-electron chi connectivity index (χ4n) is 5.80. The molecule has 1 unspecified atom stereocenters. The van der Waals surface area contributed by atoms with Crippen LogP contribution in [0, 0.1) is 0 Å². The highest BCUT2D eigenvalue weighted by molar-refractivity contribution is 6.19. The minimum Gasteiger partial charge on any atom is -0.507 e. The topological polar surface area (TPSA) is 151 Å². The van der Waals surface area contributed by atoms with Crippen molar-refractivity contribution < 1.29 is 29.3 Å². The number of rotatable bonds is 10. The summed E-state index contributed by atoms with van der Waals surface area (Å²) in [6.07, 6.45) is 1.95. The number of alkyl halides is 1. The van der Waals surface area contributed by atoms with Crippen LogP contribution in [-0.2, 0) is 22.5 Å². The van der Waals surface area contributed by atoms with Gasteiger partial charge in [0.1, 0.15) is 17.5 Å². The third-order valence-corrected chi connectivity index (χ3v) is 8.15. The largest absolute Gasteiger partial charge is 0.507 e. The highest BCUT2D eigenvalue weighted by atomic mass is 35.5. The highest BCUT2D eigenvalue weighted by Crippen LogP contribution is 2.48. The van der Waals surface area contributed by atoms with Crippen LogP contribution in [0.2, 0.25) is 0 Å². The van der Waals surface area contributed by atoms with E-state index in [1.165, 1.54) is 10.9 Å². The molecule has 0 radical (unpaired) electrons. The quantitative estimate of drug-likeness (QED) is 0.158. The molecule has 1 aromatic heterocycles. The van der Waals surface area contributed by atoms with E-state index in [1.807, 2.05) is 30.3 Å². The summed E-state index contributed by atoms with van der Waals surface area (Å²) in [6.45, 7) is 1.30. The fraction of sp³-hybridized carbons (Fsp3) is 0.333. The molecule has 0 fully saturated rings. The zero-order chi connectivity index (χ0) is 30.1. The van der Waals surface area contributed by atoms with Gasteiger partial charge in [0.15, 0.2) is 5.69 Å². The number of carbonyl (C=O) groups excluding carboxylic acids is 2. The number of hydrogen-bond acceptors (Lipinski definition) is 9. The van der Waals surface area contributed by atoms with E-state index in [0.29, 0.717) is 54.5 Å². The minimum atomic E-state index is -0.536. The van der Waals surface area contributed by atoms with Gasteiger partial charge in [-0.25, -0.2) is 4.68 Å². The van der Waals surface area contributed by atoms with E-state index in [1.54, 1.807) is 24.1 Å². The Balaban J connectivity index is 1.17. The molecule has 0 bridgehead atoms. The summed E-state index contributed by atoms with van der Waals surface area (Å²) in [4.78, 5) is 28.4. The van der Waals surface area contributed by atoms with Crippen molar-refractivity contribution in [1.82, 2.24) is 15.0 Å². The Labute approximate surface area is 252 Å². The van der Waals surface area contributed by atoms with E-state index in [2.05, 4.69) is 20.9 Å². The number of aliphatic hydroxyl groups excluding tert-OH is 1. The zero-order valence-electron chi connectivity index (χ0n) is 23.4. The summed E-state index contributed by atoms with van der Waals surface area (Å²) in [5.41, 5.74) is 3.94. The maximum absolute atomic E-state index is 13.9. The third-order valence-electron chi connectivity index (χ3n) is 7.78. The van der Waals surface area contributed by atoms with Gasteiger partial charge in [0.2, 0.25) is 5.91 Å². The SMILES string of the molecule is COc1cccc2c(O)cc3c(c12)[C@H](CCl)CN3C(=O)C1Cc2cc(NC(=O)c3cn(CCOCCO)nn3)ccc2N1. The Morgan fingerprint density at radius 3 is 2.86 bits per heavy atom. The Morgan fingerprint density at radius 1 is 1.21 bits per heavy atom. The van der Waals surface area contributed by atoms with Gasteiger partial charge in [0.25, 0.3) is 5.91 Å². The molecule has 13 heteroatoms. The summed E-state index contributed by atoms with van der Waals surface area (Å²) in [5, 5.41) is 35.1. The minimum absolute atomic E-state index is 0.0610. The molecule has 0 aliphatic carbocycles. The predicted molar refractivity (Wildman–Crippen MR) is 161 cm³/mol. The number of hydrogen-bond donors (Lipinski definition) is 4. The number of phenols is 1. The molecule has 2 amide bonds. The summed E-state index contributed by atoms with van der Waals surface area (Å²) >= 11 is 6.40. The molecule has 43 heavy (non-hydrogen) atoms. The molecule has 6 rings (SSSR count). The molecule has 12 nitrogen and oxygen atoms in total. The first-order valence-electron chi connectivity index (χ1n) is 13.9. The number of ether oxygens (including phenoxy) is 2. The van der Waals surface area contributed by atoms with Crippen molar-refractivity contribution in [2.24, 2.45) is 0 Å². The number of methoxy groups -OCH3 is 1. The number of benzene rings is 3. The van der Waals surface area contributed by atoms with E-state index in [-0.39, 0.29) is 36.5 Å². The van der Waals surface area contributed by atoms with E-state index in [4.69, 9.17) is 26.2 Å². The Kier molecular flexibility index (Phi) is 8.06. The number of amides is 2. The second-order valence-corrected chi connectivity index (χ2v) is 10.7. The molecule has 0 saturated carbocycles. The smallest absolute Gasteiger partial charge is 0.277 e. The van der Waals surface area contributed by atoms with Crippen molar-refractivity contribution >= 4 is 51.2 Å². The summed E-state index contributed by atoms with van der Waals surface area (Å²) in [5.74, 6) is 0.315. The maximum atomic E-state index is 13.9. The van der Waals surface area contributed by atoms with Gasteiger partial charge in [-0.3, -0.25) is 9.59 Å². The number of carbonyl (C=O) groups is 2. The van der Waals surface area contributed by atoms with Crippen LogP contribution in [0.15, 0.2) is 48.7 Å². The van der Waals surface area contributed by atoms with Crippen molar-refractivity contribution in [3.8, 4) is 11.5 Å².